The number of aliphatic hydroxyl groups excluding tert-OH is 1. The van der Waals surface area contributed by atoms with Crippen LogP contribution in [0.4, 0.5) is 8.78 Å². The summed E-state index contributed by atoms with van der Waals surface area (Å²) in [5, 5.41) is 17.7. The molecule has 0 radical (unpaired) electrons. The van der Waals surface area contributed by atoms with Crippen LogP contribution in [-0.4, -0.2) is 35.1 Å². The topological polar surface area (TPSA) is 65.3 Å². The van der Waals surface area contributed by atoms with E-state index in [0.717, 1.165) is 6.42 Å². The van der Waals surface area contributed by atoms with Crippen LogP contribution >= 0.6 is 0 Å². The second-order valence-electron chi connectivity index (χ2n) is 9.13. The van der Waals surface area contributed by atoms with Gasteiger partial charge in [-0.05, 0) is 49.1 Å². The van der Waals surface area contributed by atoms with Crippen molar-refractivity contribution in [1.82, 2.24) is 4.90 Å². The standard InChI is InChI=1S/C24H31F2N3O2/c1-5-27-28-21(22-19(25)7-6-8-20(22)26)13-18-17(15(2)3)9-11-24(18,4)23(31)29-12-10-16(30)14-29/h5-8,13,15-18,30H,1,9-12,14H2,2-4H3/b21-13-,28-27?/t16-,17+,18?,24+/m1/s1. The molecule has 0 spiro atoms. The van der Waals surface area contributed by atoms with Gasteiger partial charge in [0.25, 0.3) is 0 Å². The van der Waals surface area contributed by atoms with E-state index >= 15 is 0 Å². The van der Waals surface area contributed by atoms with Gasteiger partial charge < -0.3 is 10.0 Å². The molecule has 1 saturated carbocycles. The van der Waals surface area contributed by atoms with Gasteiger partial charge in [0.2, 0.25) is 5.91 Å². The average Bonchev–Trinajstić information content (AvgIpc) is 3.29. The van der Waals surface area contributed by atoms with Crippen LogP contribution < -0.4 is 0 Å². The van der Waals surface area contributed by atoms with Crippen molar-refractivity contribution < 1.29 is 18.7 Å². The molecule has 1 N–H and O–H groups in total. The van der Waals surface area contributed by atoms with E-state index in [1.807, 2.05) is 6.92 Å². The van der Waals surface area contributed by atoms with E-state index in [9.17, 15) is 18.7 Å². The Bertz CT molecular complexity index is 879. The Hall–Kier alpha value is -2.41. The minimum absolute atomic E-state index is 0.0255. The molecule has 0 aromatic heterocycles. The average molecular weight is 432 g/mol. The van der Waals surface area contributed by atoms with Crippen molar-refractivity contribution in [3.8, 4) is 0 Å². The minimum Gasteiger partial charge on any atom is -0.391 e. The molecular weight excluding hydrogens is 400 g/mol. The summed E-state index contributed by atoms with van der Waals surface area (Å²) >= 11 is 0. The summed E-state index contributed by atoms with van der Waals surface area (Å²) in [5.74, 6) is -1.36. The summed E-state index contributed by atoms with van der Waals surface area (Å²) in [4.78, 5) is 15.2. The lowest BCUT2D eigenvalue weighted by atomic mass is 9.72. The largest absolute Gasteiger partial charge is 0.391 e. The number of β-amino-alcohol motifs (C(OH)–C–C–N with tert-alkyl or cyclic N) is 1. The summed E-state index contributed by atoms with van der Waals surface area (Å²) in [7, 11) is 0. The van der Waals surface area contributed by atoms with Crippen molar-refractivity contribution in [1.29, 1.82) is 0 Å². The number of benzene rings is 1. The minimum atomic E-state index is -0.754. The van der Waals surface area contributed by atoms with Gasteiger partial charge in [-0.1, -0.05) is 39.5 Å². The predicted molar refractivity (Wildman–Crippen MR) is 116 cm³/mol. The van der Waals surface area contributed by atoms with Crippen molar-refractivity contribution in [3.05, 3.63) is 54.3 Å². The van der Waals surface area contributed by atoms with Crippen molar-refractivity contribution in [2.45, 2.75) is 46.1 Å². The van der Waals surface area contributed by atoms with Gasteiger partial charge in [0.1, 0.15) is 11.6 Å². The van der Waals surface area contributed by atoms with Crippen molar-refractivity contribution >= 4 is 11.6 Å². The van der Waals surface area contributed by atoms with E-state index in [0.29, 0.717) is 25.9 Å². The summed E-state index contributed by atoms with van der Waals surface area (Å²) in [6.45, 7) is 10.4. The maximum absolute atomic E-state index is 14.6. The van der Waals surface area contributed by atoms with Gasteiger partial charge in [-0.2, -0.15) is 10.2 Å². The molecule has 2 aliphatic rings. The third-order valence-electron chi connectivity index (χ3n) is 6.79. The first-order chi connectivity index (χ1) is 14.7. The molecule has 31 heavy (non-hydrogen) atoms. The second kappa shape index (κ2) is 9.39. The molecule has 1 aliphatic heterocycles. The Morgan fingerprint density at radius 3 is 2.55 bits per heavy atom. The summed E-state index contributed by atoms with van der Waals surface area (Å²) in [5.41, 5.74) is -0.946. The Kier molecular flexibility index (Phi) is 7.04. The molecule has 4 atom stereocenters. The predicted octanol–water partition coefficient (Wildman–Crippen LogP) is 5.18. The number of hydrogen-bond donors (Lipinski definition) is 1. The van der Waals surface area contributed by atoms with Crippen LogP contribution in [0.1, 0.15) is 45.6 Å². The third-order valence-corrected chi connectivity index (χ3v) is 6.79. The van der Waals surface area contributed by atoms with Crippen LogP contribution in [0.25, 0.3) is 5.70 Å². The van der Waals surface area contributed by atoms with Crippen LogP contribution in [0.5, 0.6) is 0 Å². The molecule has 2 fully saturated rings. The van der Waals surface area contributed by atoms with Crippen LogP contribution in [0.15, 0.2) is 47.3 Å². The summed E-state index contributed by atoms with van der Waals surface area (Å²) in [6, 6.07) is 3.66. The molecule has 168 valence electrons. The van der Waals surface area contributed by atoms with Crippen LogP contribution in [-0.2, 0) is 4.79 Å². The third kappa shape index (κ3) is 4.61. The monoisotopic (exact) mass is 431 g/mol. The zero-order valence-electron chi connectivity index (χ0n) is 18.4. The molecule has 1 heterocycles. The van der Waals surface area contributed by atoms with Gasteiger partial charge in [0.15, 0.2) is 0 Å². The highest BCUT2D eigenvalue weighted by molar-refractivity contribution is 5.84. The summed E-state index contributed by atoms with van der Waals surface area (Å²) in [6.07, 6.45) is 4.47. The van der Waals surface area contributed by atoms with Gasteiger partial charge in [-0.15, -0.1) is 0 Å². The van der Waals surface area contributed by atoms with E-state index in [1.165, 1.54) is 24.4 Å². The Balaban J connectivity index is 2.09. The van der Waals surface area contributed by atoms with Gasteiger partial charge >= 0.3 is 0 Å². The maximum Gasteiger partial charge on any atom is 0.229 e. The first-order valence-corrected chi connectivity index (χ1v) is 10.8. The second-order valence-corrected chi connectivity index (χ2v) is 9.13. The highest BCUT2D eigenvalue weighted by Crippen LogP contribution is 2.52. The highest BCUT2D eigenvalue weighted by atomic mass is 19.1. The summed E-state index contributed by atoms with van der Waals surface area (Å²) < 4.78 is 29.2. The van der Waals surface area contributed by atoms with Crippen LogP contribution in [0.2, 0.25) is 0 Å². The van der Waals surface area contributed by atoms with Crippen LogP contribution in [0.3, 0.4) is 0 Å². The number of carbonyl (C=O) groups excluding carboxylic acids is 1. The van der Waals surface area contributed by atoms with Crippen molar-refractivity contribution in [3.63, 3.8) is 0 Å². The number of likely N-dealkylation sites (tertiary alicyclic amines) is 1. The number of aliphatic hydroxyl groups is 1. The van der Waals surface area contributed by atoms with E-state index in [-0.39, 0.29) is 34.9 Å². The number of hydrogen-bond acceptors (Lipinski definition) is 4. The number of nitrogens with zero attached hydrogens (tertiary/aromatic N) is 3. The molecule has 7 heteroatoms. The fraction of sp³-hybridized carbons (Fsp3) is 0.542. The lowest BCUT2D eigenvalue weighted by molar-refractivity contribution is -0.142. The molecule has 1 aliphatic carbocycles. The molecule has 1 amide bonds. The lowest BCUT2D eigenvalue weighted by Crippen LogP contribution is -2.44. The highest BCUT2D eigenvalue weighted by Gasteiger charge is 2.52. The molecular formula is C24H31F2N3O2. The zero-order chi connectivity index (χ0) is 22.8. The number of azo groups is 1. The first kappa shape index (κ1) is 23.3. The van der Waals surface area contributed by atoms with E-state index in [4.69, 9.17) is 0 Å². The molecule has 1 aromatic rings. The number of rotatable bonds is 6. The molecule has 1 unspecified atom stereocenters. The maximum atomic E-state index is 14.6. The quantitative estimate of drug-likeness (QED) is 0.631. The fourth-order valence-corrected chi connectivity index (χ4v) is 5.06. The number of halogens is 2. The molecule has 1 saturated heterocycles. The molecule has 3 rings (SSSR count). The number of carbonyl (C=O) groups is 1. The molecule has 5 nitrogen and oxygen atoms in total. The van der Waals surface area contributed by atoms with Crippen LogP contribution in [0, 0.1) is 34.8 Å². The SMILES string of the molecule is C=CN=N/C(=C\C1[C@H](C(C)C)CC[C@]1(C)C(=O)N1CC[C@@H](O)C1)c1c(F)cccc1F. The van der Waals surface area contributed by atoms with E-state index < -0.39 is 23.2 Å². The molecule has 1 aromatic carbocycles. The Morgan fingerprint density at radius 1 is 1.32 bits per heavy atom. The smallest absolute Gasteiger partial charge is 0.229 e. The Labute approximate surface area is 182 Å². The van der Waals surface area contributed by atoms with Gasteiger partial charge in [0.05, 0.1) is 22.8 Å². The lowest BCUT2D eigenvalue weighted by Gasteiger charge is -2.35. The van der Waals surface area contributed by atoms with Gasteiger partial charge in [-0.25, -0.2) is 8.78 Å². The van der Waals surface area contributed by atoms with Crippen molar-refractivity contribution in [2.75, 3.05) is 13.1 Å². The first-order valence-electron chi connectivity index (χ1n) is 10.8. The number of amides is 1. The normalized spacial score (nSPS) is 29.3. The Morgan fingerprint density at radius 2 is 2.00 bits per heavy atom. The fourth-order valence-electron chi connectivity index (χ4n) is 5.06. The van der Waals surface area contributed by atoms with E-state index in [1.54, 1.807) is 11.0 Å². The zero-order valence-corrected chi connectivity index (χ0v) is 18.4. The molecule has 0 bridgehead atoms. The van der Waals surface area contributed by atoms with Crippen molar-refractivity contribution in [2.24, 2.45) is 33.4 Å². The van der Waals surface area contributed by atoms with Gasteiger partial charge in [-0.3, -0.25) is 4.79 Å². The van der Waals surface area contributed by atoms with Gasteiger partial charge in [0, 0.05) is 19.3 Å². The number of allylic oxidation sites excluding steroid dienone is 1. The van der Waals surface area contributed by atoms with E-state index in [2.05, 4.69) is 30.7 Å².